The van der Waals surface area contributed by atoms with Crippen LogP contribution in [0, 0.1) is 0 Å². The van der Waals surface area contributed by atoms with Gasteiger partial charge in [-0.15, -0.1) is 0 Å². The van der Waals surface area contributed by atoms with Crippen molar-refractivity contribution in [1.29, 1.82) is 0 Å². The maximum Gasteiger partial charge on any atom is 0.310 e. The maximum absolute atomic E-state index is 12.0. The van der Waals surface area contributed by atoms with Gasteiger partial charge < -0.3 is 14.6 Å². The lowest BCUT2D eigenvalue weighted by Crippen LogP contribution is -2.22. The van der Waals surface area contributed by atoms with Crippen LogP contribution in [0.15, 0.2) is 58.8 Å². The zero-order chi connectivity index (χ0) is 21.0. The Morgan fingerprint density at radius 1 is 1.07 bits per heavy atom. The number of carboxylic acid groups (broad SMARTS) is 1. The second-order valence-electron chi connectivity index (χ2n) is 7.56. The minimum atomic E-state index is -1.23. The smallest absolute Gasteiger partial charge is 0.310 e. The molecular formula is C23H23N2O4-. The quantitative estimate of drug-likeness (QED) is 0.536. The van der Waals surface area contributed by atoms with E-state index < -0.39 is 5.97 Å². The van der Waals surface area contributed by atoms with Crippen LogP contribution < -0.4 is 5.11 Å². The molecule has 0 spiro atoms. The molecule has 0 radical (unpaired) electrons. The molecule has 6 heteroatoms. The molecule has 0 heterocycles. The fourth-order valence-corrected chi connectivity index (χ4v) is 3.36. The van der Waals surface area contributed by atoms with Gasteiger partial charge in [0, 0.05) is 0 Å². The van der Waals surface area contributed by atoms with Crippen LogP contribution in [-0.2, 0) is 14.9 Å². The van der Waals surface area contributed by atoms with Crippen molar-refractivity contribution in [1.82, 2.24) is 0 Å². The summed E-state index contributed by atoms with van der Waals surface area (Å²) in [5.74, 6) is -1.48. The topological polar surface area (TPSA) is 91.2 Å². The second kappa shape index (κ2) is 8.39. The molecule has 0 aromatic heterocycles. The number of aromatic carboxylic acids is 1. The van der Waals surface area contributed by atoms with E-state index in [2.05, 4.69) is 30.2 Å². The van der Waals surface area contributed by atoms with E-state index in [0.717, 1.165) is 23.1 Å². The first-order valence-electron chi connectivity index (χ1n) is 9.53. The molecule has 0 atom stereocenters. The van der Waals surface area contributed by atoms with E-state index in [1.807, 2.05) is 18.2 Å². The highest BCUT2D eigenvalue weighted by atomic mass is 16.5. The SMILES string of the molecule is CCOC(=O)CC1=CCC(C)(C)c2ccc(N=Nc3ccc(C(=O)[O-])cc3)cc21. The van der Waals surface area contributed by atoms with Crippen LogP contribution >= 0.6 is 0 Å². The monoisotopic (exact) mass is 391 g/mol. The number of hydrogen-bond acceptors (Lipinski definition) is 6. The van der Waals surface area contributed by atoms with E-state index in [4.69, 9.17) is 4.74 Å². The number of rotatable bonds is 6. The first kappa shape index (κ1) is 20.5. The van der Waals surface area contributed by atoms with E-state index in [1.54, 1.807) is 19.1 Å². The van der Waals surface area contributed by atoms with Gasteiger partial charge in [0.25, 0.3) is 0 Å². The highest BCUT2D eigenvalue weighted by Gasteiger charge is 2.29. The van der Waals surface area contributed by atoms with Crippen LogP contribution in [-0.4, -0.2) is 18.5 Å². The average Bonchev–Trinajstić information content (AvgIpc) is 2.69. The van der Waals surface area contributed by atoms with Crippen molar-refractivity contribution in [2.75, 3.05) is 6.61 Å². The van der Waals surface area contributed by atoms with Gasteiger partial charge in [0.2, 0.25) is 0 Å². The Labute approximate surface area is 169 Å². The lowest BCUT2D eigenvalue weighted by molar-refractivity contribution is -0.255. The largest absolute Gasteiger partial charge is 0.545 e. The summed E-state index contributed by atoms with van der Waals surface area (Å²) < 4.78 is 5.11. The molecule has 3 rings (SSSR count). The third-order valence-corrected chi connectivity index (χ3v) is 4.96. The molecule has 2 aromatic rings. The van der Waals surface area contributed by atoms with Crippen LogP contribution in [0.1, 0.15) is 55.1 Å². The molecule has 1 aliphatic rings. The number of carboxylic acids is 1. The summed E-state index contributed by atoms with van der Waals surface area (Å²) in [6, 6.07) is 11.9. The number of hydrogen-bond donors (Lipinski definition) is 0. The Hall–Kier alpha value is -3.28. The van der Waals surface area contributed by atoms with Crippen molar-refractivity contribution in [2.24, 2.45) is 10.2 Å². The van der Waals surface area contributed by atoms with E-state index >= 15 is 0 Å². The molecule has 2 aromatic carbocycles. The molecule has 0 amide bonds. The molecule has 29 heavy (non-hydrogen) atoms. The summed E-state index contributed by atoms with van der Waals surface area (Å²) in [5, 5.41) is 19.3. The molecule has 0 N–H and O–H groups in total. The van der Waals surface area contributed by atoms with Gasteiger partial charge in [0.15, 0.2) is 0 Å². The molecule has 0 saturated carbocycles. The number of azo groups is 1. The van der Waals surface area contributed by atoms with E-state index in [9.17, 15) is 14.7 Å². The molecule has 0 bridgehead atoms. The first-order valence-corrected chi connectivity index (χ1v) is 9.53. The number of esters is 1. The summed E-state index contributed by atoms with van der Waals surface area (Å²) >= 11 is 0. The van der Waals surface area contributed by atoms with Crippen molar-refractivity contribution < 1.29 is 19.4 Å². The van der Waals surface area contributed by atoms with Gasteiger partial charge in [-0.25, -0.2) is 0 Å². The lowest BCUT2D eigenvalue weighted by atomic mass is 9.73. The highest BCUT2D eigenvalue weighted by molar-refractivity contribution is 5.88. The maximum atomic E-state index is 12.0. The fraction of sp³-hybridized carbons (Fsp3) is 0.304. The summed E-state index contributed by atoms with van der Waals surface area (Å²) in [6.45, 7) is 6.49. The highest BCUT2D eigenvalue weighted by Crippen LogP contribution is 2.41. The summed E-state index contributed by atoms with van der Waals surface area (Å²) in [5.41, 5.74) is 4.33. The van der Waals surface area contributed by atoms with Gasteiger partial charge in [-0.05, 0) is 65.3 Å². The number of carbonyl (C=O) groups excluding carboxylic acids is 2. The van der Waals surface area contributed by atoms with Crippen molar-refractivity contribution in [3.63, 3.8) is 0 Å². The molecule has 0 aliphatic heterocycles. The molecule has 1 aliphatic carbocycles. The molecule has 150 valence electrons. The molecule has 0 saturated heterocycles. The van der Waals surface area contributed by atoms with Crippen molar-refractivity contribution in [3.8, 4) is 0 Å². The van der Waals surface area contributed by atoms with Gasteiger partial charge in [0.05, 0.1) is 30.4 Å². The number of allylic oxidation sites excluding steroid dienone is 1. The summed E-state index contributed by atoms with van der Waals surface area (Å²) in [6.07, 6.45) is 3.17. The van der Waals surface area contributed by atoms with Gasteiger partial charge >= 0.3 is 5.97 Å². The molecular weight excluding hydrogens is 368 g/mol. The molecule has 6 nitrogen and oxygen atoms in total. The van der Waals surface area contributed by atoms with Gasteiger partial charge in [-0.1, -0.05) is 38.1 Å². The predicted octanol–water partition coefficient (Wildman–Crippen LogP) is 4.48. The summed E-state index contributed by atoms with van der Waals surface area (Å²) in [7, 11) is 0. The van der Waals surface area contributed by atoms with Gasteiger partial charge in [0.1, 0.15) is 0 Å². The van der Waals surface area contributed by atoms with Gasteiger partial charge in [-0.2, -0.15) is 10.2 Å². The van der Waals surface area contributed by atoms with E-state index in [0.29, 0.717) is 18.0 Å². The zero-order valence-electron chi connectivity index (χ0n) is 16.8. The van der Waals surface area contributed by atoms with Crippen LogP contribution in [0.25, 0.3) is 5.57 Å². The molecule has 0 unspecified atom stereocenters. The van der Waals surface area contributed by atoms with Crippen molar-refractivity contribution >= 4 is 28.9 Å². The Balaban J connectivity index is 1.88. The number of ether oxygens (including phenoxy) is 1. The first-order chi connectivity index (χ1) is 13.8. The Kier molecular flexibility index (Phi) is 5.92. The normalized spacial score (nSPS) is 14.9. The minimum Gasteiger partial charge on any atom is -0.545 e. The van der Waals surface area contributed by atoms with Crippen LogP contribution in [0.4, 0.5) is 11.4 Å². The third kappa shape index (κ3) is 4.77. The van der Waals surface area contributed by atoms with Crippen LogP contribution in [0.3, 0.4) is 0 Å². The molecule has 0 fully saturated rings. The van der Waals surface area contributed by atoms with Crippen molar-refractivity contribution in [2.45, 2.75) is 39.0 Å². The average molecular weight is 391 g/mol. The Morgan fingerprint density at radius 2 is 1.72 bits per heavy atom. The number of nitrogens with zero attached hydrogens (tertiary/aromatic N) is 2. The standard InChI is InChI=1S/C23H24N2O4/c1-4-29-21(26)13-16-11-12-23(2,3)20-10-9-18(14-19(16)20)25-24-17-7-5-15(6-8-17)22(27)28/h5-11,14H,4,12-13H2,1-3H3,(H,27,28)/p-1. The predicted molar refractivity (Wildman–Crippen MR) is 108 cm³/mol. The van der Waals surface area contributed by atoms with Crippen LogP contribution in [0.5, 0.6) is 0 Å². The third-order valence-electron chi connectivity index (χ3n) is 4.96. The Morgan fingerprint density at radius 3 is 2.38 bits per heavy atom. The lowest BCUT2D eigenvalue weighted by Gasteiger charge is -2.32. The second-order valence-corrected chi connectivity index (χ2v) is 7.56. The number of fused-ring (bicyclic) bond motifs is 1. The number of carbonyl (C=O) groups is 2. The van der Waals surface area contributed by atoms with E-state index in [1.165, 1.54) is 12.1 Å². The fourth-order valence-electron chi connectivity index (χ4n) is 3.36. The summed E-state index contributed by atoms with van der Waals surface area (Å²) in [4.78, 5) is 22.8. The van der Waals surface area contributed by atoms with Gasteiger partial charge in [-0.3, -0.25) is 4.79 Å². The zero-order valence-corrected chi connectivity index (χ0v) is 16.8. The Bertz CT molecular complexity index is 988. The van der Waals surface area contributed by atoms with Crippen molar-refractivity contribution in [3.05, 3.63) is 65.2 Å². The minimum absolute atomic E-state index is 0.0378. The number of benzene rings is 2. The van der Waals surface area contributed by atoms with E-state index in [-0.39, 0.29) is 23.4 Å². The van der Waals surface area contributed by atoms with Crippen LogP contribution in [0.2, 0.25) is 0 Å².